The van der Waals surface area contributed by atoms with E-state index in [1.165, 1.54) is 21.3 Å². The second kappa shape index (κ2) is 6.29. The zero-order valence-electron chi connectivity index (χ0n) is 10.9. The molecular weight excluding hydrogens is 280 g/mol. The van der Waals surface area contributed by atoms with Gasteiger partial charge in [0.2, 0.25) is 5.91 Å². The van der Waals surface area contributed by atoms with Crippen molar-refractivity contribution >= 4 is 23.2 Å². The van der Waals surface area contributed by atoms with Crippen molar-refractivity contribution in [2.75, 3.05) is 6.54 Å². The minimum absolute atomic E-state index is 0.0380. The molecule has 2 rings (SSSR count). The highest BCUT2D eigenvalue weighted by Gasteiger charge is 2.10. The first-order chi connectivity index (χ1) is 9.56. The fourth-order valence-corrected chi connectivity index (χ4v) is 2.56. The third-order valence-corrected chi connectivity index (χ3v) is 3.79. The summed E-state index contributed by atoms with van der Waals surface area (Å²) in [5, 5.41) is 20.5. The maximum absolute atomic E-state index is 11.7. The standard InChI is InChI=1S/C12H14N4O3S/c1-8-3-5-20-10(8)2-4-13-11(17)7-16-6-9(12(18)19)14-15-16/h3,5-6H,2,4,7H2,1H3,(H,13,17)(H,18,19). The number of aryl methyl sites for hydroxylation is 1. The average molecular weight is 294 g/mol. The van der Waals surface area contributed by atoms with Gasteiger partial charge in [-0.2, -0.15) is 0 Å². The number of carboxylic acid groups (broad SMARTS) is 1. The second-order valence-corrected chi connectivity index (χ2v) is 5.23. The summed E-state index contributed by atoms with van der Waals surface area (Å²) >= 11 is 1.67. The van der Waals surface area contributed by atoms with Crippen LogP contribution in [0.25, 0.3) is 0 Å². The molecule has 0 fully saturated rings. The van der Waals surface area contributed by atoms with E-state index in [0.717, 1.165) is 6.42 Å². The molecular formula is C12H14N4O3S. The summed E-state index contributed by atoms with van der Waals surface area (Å²) < 4.78 is 1.20. The number of hydrogen-bond donors (Lipinski definition) is 2. The molecule has 0 radical (unpaired) electrons. The lowest BCUT2D eigenvalue weighted by molar-refractivity contribution is -0.121. The highest BCUT2D eigenvalue weighted by Crippen LogP contribution is 2.15. The predicted octanol–water partition coefficient (Wildman–Crippen LogP) is 0.705. The van der Waals surface area contributed by atoms with E-state index < -0.39 is 5.97 Å². The summed E-state index contributed by atoms with van der Waals surface area (Å²) in [6, 6.07) is 2.05. The molecule has 7 nitrogen and oxygen atoms in total. The summed E-state index contributed by atoms with van der Waals surface area (Å²) in [5.41, 5.74) is 1.05. The van der Waals surface area contributed by atoms with Gasteiger partial charge in [-0.25, -0.2) is 9.48 Å². The number of nitrogens with one attached hydrogen (secondary N) is 1. The summed E-state index contributed by atoms with van der Waals surface area (Å²) in [7, 11) is 0. The molecule has 0 aromatic carbocycles. The first-order valence-electron chi connectivity index (χ1n) is 5.99. The van der Waals surface area contributed by atoms with Crippen LogP contribution in [0.3, 0.4) is 0 Å². The Morgan fingerprint density at radius 1 is 1.50 bits per heavy atom. The third kappa shape index (κ3) is 3.64. The second-order valence-electron chi connectivity index (χ2n) is 4.23. The maximum Gasteiger partial charge on any atom is 0.358 e. The van der Waals surface area contributed by atoms with Crippen LogP contribution in [-0.2, 0) is 17.8 Å². The zero-order valence-corrected chi connectivity index (χ0v) is 11.7. The number of rotatable bonds is 6. The molecule has 0 aliphatic carbocycles. The largest absolute Gasteiger partial charge is 0.476 e. The average Bonchev–Trinajstić information content (AvgIpc) is 2.99. The number of thiophene rings is 1. The number of nitrogens with zero attached hydrogens (tertiary/aromatic N) is 3. The first kappa shape index (κ1) is 14.2. The van der Waals surface area contributed by atoms with Crippen LogP contribution in [-0.4, -0.2) is 38.5 Å². The summed E-state index contributed by atoms with van der Waals surface area (Å²) in [6.07, 6.45) is 2.01. The lowest BCUT2D eigenvalue weighted by atomic mass is 10.2. The van der Waals surface area contributed by atoms with Crippen molar-refractivity contribution in [1.29, 1.82) is 0 Å². The number of aromatic carboxylic acids is 1. The van der Waals surface area contributed by atoms with Crippen LogP contribution < -0.4 is 5.32 Å². The predicted molar refractivity (Wildman–Crippen MR) is 72.8 cm³/mol. The number of hydrogen-bond acceptors (Lipinski definition) is 5. The Hall–Kier alpha value is -2.22. The monoisotopic (exact) mass is 294 g/mol. The van der Waals surface area contributed by atoms with Crippen molar-refractivity contribution in [3.8, 4) is 0 Å². The highest BCUT2D eigenvalue weighted by atomic mass is 32.1. The molecule has 2 aromatic heterocycles. The highest BCUT2D eigenvalue weighted by molar-refractivity contribution is 7.10. The van der Waals surface area contributed by atoms with E-state index in [-0.39, 0.29) is 18.1 Å². The Morgan fingerprint density at radius 3 is 2.90 bits per heavy atom. The molecule has 0 unspecified atom stereocenters. The molecule has 0 saturated carbocycles. The Labute approximate surface area is 119 Å². The fraction of sp³-hybridized carbons (Fsp3) is 0.333. The van der Waals surface area contributed by atoms with E-state index in [1.807, 2.05) is 18.4 Å². The lowest BCUT2D eigenvalue weighted by Gasteiger charge is -2.04. The summed E-state index contributed by atoms with van der Waals surface area (Å²) in [5.74, 6) is -1.38. The van der Waals surface area contributed by atoms with Crippen LogP contribution >= 0.6 is 11.3 Å². The Morgan fingerprint density at radius 2 is 2.30 bits per heavy atom. The molecule has 0 saturated heterocycles. The van der Waals surface area contributed by atoms with E-state index in [9.17, 15) is 9.59 Å². The molecule has 106 valence electrons. The molecule has 0 aliphatic heterocycles. The van der Waals surface area contributed by atoms with Crippen LogP contribution in [0.4, 0.5) is 0 Å². The Bertz CT molecular complexity index is 620. The maximum atomic E-state index is 11.7. The molecule has 8 heteroatoms. The van der Waals surface area contributed by atoms with Crippen molar-refractivity contribution in [1.82, 2.24) is 20.3 Å². The van der Waals surface area contributed by atoms with Crippen LogP contribution in [0.15, 0.2) is 17.6 Å². The van der Waals surface area contributed by atoms with Gasteiger partial charge < -0.3 is 10.4 Å². The number of carbonyl (C=O) groups is 2. The van der Waals surface area contributed by atoms with Crippen LogP contribution in [0.1, 0.15) is 20.9 Å². The molecule has 20 heavy (non-hydrogen) atoms. The minimum Gasteiger partial charge on any atom is -0.476 e. The third-order valence-electron chi connectivity index (χ3n) is 2.71. The number of aromatic nitrogens is 3. The minimum atomic E-state index is -1.16. The molecule has 0 spiro atoms. The van der Waals surface area contributed by atoms with Crippen molar-refractivity contribution in [3.63, 3.8) is 0 Å². The molecule has 0 aliphatic rings. The van der Waals surface area contributed by atoms with Gasteiger partial charge in [0, 0.05) is 11.4 Å². The van der Waals surface area contributed by atoms with Crippen LogP contribution in [0.2, 0.25) is 0 Å². The van der Waals surface area contributed by atoms with Gasteiger partial charge in [-0.1, -0.05) is 5.21 Å². The van der Waals surface area contributed by atoms with Crippen LogP contribution in [0.5, 0.6) is 0 Å². The van der Waals surface area contributed by atoms with Crippen molar-refractivity contribution in [3.05, 3.63) is 33.8 Å². The quantitative estimate of drug-likeness (QED) is 0.817. The zero-order chi connectivity index (χ0) is 14.5. The topological polar surface area (TPSA) is 97.1 Å². The van der Waals surface area contributed by atoms with Gasteiger partial charge in [0.1, 0.15) is 6.54 Å². The molecule has 2 aromatic rings. The van der Waals surface area contributed by atoms with Gasteiger partial charge in [0.05, 0.1) is 6.20 Å². The van der Waals surface area contributed by atoms with E-state index >= 15 is 0 Å². The van der Waals surface area contributed by atoms with Crippen molar-refractivity contribution in [2.45, 2.75) is 19.9 Å². The first-order valence-corrected chi connectivity index (χ1v) is 6.87. The Balaban J connectivity index is 1.77. The summed E-state index contributed by atoms with van der Waals surface area (Å²) in [6.45, 7) is 2.54. The van der Waals surface area contributed by atoms with E-state index in [0.29, 0.717) is 6.54 Å². The summed E-state index contributed by atoms with van der Waals surface area (Å²) in [4.78, 5) is 23.5. The number of amides is 1. The van der Waals surface area contributed by atoms with E-state index in [4.69, 9.17) is 5.11 Å². The van der Waals surface area contributed by atoms with Gasteiger partial charge in [0.25, 0.3) is 0 Å². The smallest absolute Gasteiger partial charge is 0.358 e. The molecule has 2 N–H and O–H groups in total. The van der Waals surface area contributed by atoms with Gasteiger partial charge in [-0.3, -0.25) is 4.79 Å². The normalized spacial score (nSPS) is 10.4. The lowest BCUT2D eigenvalue weighted by Crippen LogP contribution is -2.29. The van der Waals surface area contributed by atoms with Crippen molar-refractivity contribution in [2.24, 2.45) is 0 Å². The van der Waals surface area contributed by atoms with Crippen LogP contribution in [0, 0.1) is 6.92 Å². The number of carboxylic acids is 1. The van der Waals surface area contributed by atoms with Gasteiger partial charge >= 0.3 is 5.97 Å². The van der Waals surface area contributed by atoms with E-state index in [2.05, 4.69) is 15.6 Å². The molecule has 0 atom stereocenters. The van der Waals surface area contributed by atoms with Crippen molar-refractivity contribution < 1.29 is 14.7 Å². The van der Waals surface area contributed by atoms with E-state index in [1.54, 1.807) is 11.3 Å². The molecule has 1 amide bonds. The number of carbonyl (C=O) groups excluding carboxylic acids is 1. The Kier molecular flexibility index (Phi) is 4.46. The molecule has 0 bridgehead atoms. The van der Waals surface area contributed by atoms with Gasteiger partial charge in [-0.15, -0.1) is 16.4 Å². The SMILES string of the molecule is Cc1ccsc1CCNC(=O)Cn1cc(C(=O)O)nn1. The van der Waals surface area contributed by atoms with Gasteiger partial charge in [-0.05, 0) is 30.4 Å². The van der Waals surface area contributed by atoms with Gasteiger partial charge in [0.15, 0.2) is 5.69 Å². The molecule has 2 heterocycles. The fourth-order valence-electron chi connectivity index (χ4n) is 1.65.